The van der Waals surface area contributed by atoms with E-state index in [1.165, 1.54) is 32.7 Å². The van der Waals surface area contributed by atoms with Crippen molar-refractivity contribution in [1.82, 2.24) is 20.4 Å². The van der Waals surface area contributed by atoms with E-state index < -0.39 is 5.91 Å². The van der Waals surface area contributed by atoms with Crippen LogP contribution in [0.5, 0.6) is 0 Å². The molecule has 28 heavy (non-hydrogen) atoms. The maximum absolute atomic E-state index is 12.4. The van der Waals surface area contributed by atoms with Crippen LogP contribution in [0.2, 0.25) is 0 Å². The minimum absolute atomic E-state index is 0.227. The zero-order valence-corrected chi connectivity index (χ0v) is 16.2. The third-order valence-electron chi connectivity index (χ3n) is 4.91. The number of aromatic nitrogens is 2. The van der Waals surface area contributed by atoms with Crippen LogP contribution in [-0.4, -0.2) is 21.4 Å². The van der Waals surface area contributed by atoms with Gasteiger partial charge in [-0.25, -0.2) is 4.98 Å². The summed E-state index contributed by atoms with van der Waals surface area (Å²) in [6.07, 6.45) is 4.46. The molecule has 1 aliphatic rings. The summed E-state index contributed by atoms with van der Waals surface area (Å²) in [7, 11) is 0. The van der Waals surface area contributed by atoms with Crippen LogP contribution in [0.1, 0.15) is 33.5 Å². The lowest BCUT2D eigenvalue weighted by atomic mass is 9.90. The molecule has 3 aromatic rings. The van der Waals surface area contributed by atoms with Crippen molar-refractivity contribution in [1.29, 1.82) is 0 Å². The highest BCUT2D eigenvalue weighted by Crippen LogP contribution is 2.32. The molecule has 0 fully saturated rings. The normalized spacial score (nSPS) is 15.8. The summed E-state index contributed by atoms with van der Waals surface area (Å²) in [5, 5.41) is 0.445. The number of carbonyl (C=O) groups is 2. The van der Waals surface area contributed by atoms with Crippen LogP contribution < -0.4 is 16.4 Å². The molecule has 8 heteroatoms. The van der Waals surface area contributed by atoms with Gasteiger partial charge in [-0.05, 0) is 48.9 Å². The van der Waals surface area contributed by atoms with Gasteiger partial charge in [0, 0.05) is 4.88 Å². The molecule has 1 aliphatic carbocycles. The first-order valence-electron chi connectivity index (χ1n) is 9.16. The van der Waals surface area contributed by atoms with Gasteiger partial charge < -0.3 is 0 Å². The third-order valence-corrected chi connectivity index (χ3v) is 6.15. The molecular formula is C20H20N4O3S. The van der Waals surface area contributed by atoms with Gasteiger partial charge in [-0.2, -0.15) is 0 Å². The Bertz CT molecular complexity index is 1120. The number of hydrazine groups is 1. The molecule has 0 bridgehead atoms. The van der Waals surface area contributed by atoms with Crippen LogP contribution in [0.3, 0.4) is 0 Å². The van der Waals surface area contributed by atoms with Gasteiger partial charge in [0.1, 0.15) is 6.54 Å². The second-order valence-electron chi connectivity index (χ2n) is 7.10. The van der Waals surface area contributed by atoms with E-state index in [2.05, 4.69) is 22.8 Å². The fourth-order valence-corrected chi connectivity index (χ4v) is 4.52. The van der Waals surface area contributed by atoms with E-state index in [0.717, 1.165) is 19.3 Å². The number of amides is 2. The first-order valence-corrected chi connectivity index (χ1v) is 9.98. The Morgan fingerprint density at radius 1 is 1.29 bits per heavy atom. The summed E-state index contributed by atoms with van der Waals surface area (Å²) in [6.45, 7) is 1.99. The Morgan fingerprint density at radius 3 is 2.96 bits per heavy atom. The number of nitrogens with zero attached hydrogens (tertiary/aromatic N) is 2. The number of carbonyl (C=O) groups excluding carboxylic acids is 2. The lowest BCUT2D eigenvalue weighted by molar-refractivity contribution is -0.122. The first kappa shape index (κ1) is 18.4. The van der Waals surface area contributed by atoms with Crippen molar-refractivity contribution in [2.45, 2.75) is 32.7 Å². The Kier molecular flexibility index (Phi) is 4.95. The van der Waals surface area contributed by atoms with Gasteiger partial charge in [-0.3, -0.25) is 29.8 Å². The second kappa shape index (κ2) is 7.55. The average Bonchev–Trinajstić information content (AvgIpc) is 3.12. The van der Waals surface area contributed by atoms with Crippen LogP contribution in [0.15, 0.2) is 41.5 Å². The van der Waals surface area contributed by atoms with Crippen molar-refractivity contribution >= 4 is 34.1 Å². The molecule has 0 spiro atoms. The summed E-state index contributed by atoms with van der Waals surface area (Å²) < 4.78 is 1.22. The maximum Gasteiger partial charge on any atom is 0.279 e. The van der Waals surface area contributed by atoms with Crippen molar-refractivity contribution in [3.8, 4) is 0 Å². The van der Waals surface area contributed by atoms with Crippen LogP contribution in [0.25, 0.3) is 10.9 Å². The molecule has 0 unspecified atom stereocenters. The third kappa shape index (κ3) is 3.68. The largest absolute Gasteiger partial charge is 0.289 e. The Morgan fingerprint density at radius 2 is 2.11 bits per heavy atom. The van der Waals surface area contributed by atoms with Crippen molar-refractivity contribution in [2.75, 3.05) is 0 Å². The SMILES string of the molecule is C[C@H]1CCc2sc(C(=O)NNC(=O)Cn3cnc4ccccc4c3=O)cc2C1. The van der Waals surface area contributed by atoms with Gasteiger partial charge in [0.15, 0.2) is 0 Å². The number of hydrogen-bond acceptors (Lipinski definition) is 5. The highest BCUT2D eigenvalue weighted by molar-refractivity contribution is 7.14. The highest BCUT2D eigenvalue weighted by atomic mass is 32.1. The molecule has 2 aromatic heterocycles. The average molecular weight is 396 g/mol. The summed E-state index contributed by atoms with van der Waals surface area (Å²) in [5.74, 6) is -0.210. The smallest absolute Gasteiger partial charge is 0.279 e. The van der Waals surface area contributed by atoms with E-state index in [0.29, 0.717) is 21.7 Å². The van der Waals surface area contributed by atoms with Crippen LogP contribution in [-0.2, 0) is 24.2 Å². The fraction of sp³-hybridized carbons (Fsp3) is 0.300. The molecule has 7 nitrogen and oxygen atoms in total. The van der Waals surface area contributed by atoms with Crippen molar-refractivity contribution < 1.29 is 9.59 Å². The molecule has 0 aliphatic heterocycles. The Balaban J connectivity index is 1.39. The van der Waals surface area contributed by atoms with E-state index in [4.69, 9.17) is 0 Å². The predicted octanol–water partition coefficient (Wildman–Crippen LogP) is 2.04. The number of rotatable bonds is 3. The summed E-state index contributed by atoms with van der Waals surface area (Å²) in [5.41, 5.74) is 6.32. The molecule has 2 heterocycles. The number of aryl methyl sites for hydroxylation is 1. The van der Waals surface area contributed by atoms with Gasteiger partial charge in [-0.15, -0.1) is 11.3 Å². The lowest BCUT2D eigenvalue weighted by Crippen LogP contribution is -2.44. The van der Waals surface area contributed by atoms with Gasteiger partial charge >= 0.3 is 0 Å². The van der Waals surface area contributed by atoms with Gasteiger partial charge in [0.25, 0.3) is 17.4 Å². The zero-order chi connectivity index (χ0) is 19.7. The topological polar surface area (TPSA) is 93.1 Å². The number of para-hydroxylation sites is 1. The van der Waals surface area contributed by atoms with E-state index in [-0.39, 0.29) is 18.0 Å². The number of hydrogen-bond donors (Lipinski definition) is 2. The molecular weight excluding hydrogens is 376 g/mol. The van der Waals surface area contributed by atoms with Crippen molar-refractivity contribution in [2.24, 2.45) is 5.92 Å². The number of thiophene rings is 1. The number of fused-ring (bicyclic) bond motifs is 2. The van der Waals surface area contributed by atoms with Gasteiger partial charge in [0.05, 0.1) is 22.1 Å². The molecule has 0 saturated carbocycles. The summed E-state index contributed by atoms with van der Waals surface area (Å²) in [4.78, 5) is 42.9. The van der Waals surface area contributed by atoms with Crippen molar-refractivity contribution in [3.05, 3.63) is 62.3 Å². The second-order valence-corrected chi connectivity index (χ2v) is 8.24. The minimum atomic E-state index is -0.498. The van der Waals surface area contributed by atoms with Crippen molar-refractivity contribution in [3.63, 3.8) is 0 Å². The molecule has 1 atom stereocenters. The van der Waals surface area contributed by atoms with Crippen LogP contribution >= 0.6 is 11.3 Å². The highest BCUT2D eigenvalue weighted by Gasteiger charge is 2.21. The van der Waals surface area contributed by atoms with Crippen LogP contribution in [0, 0.1) is 5.92 Å². The number of benzene rings is 1. The monoisotopic (exact) mass is 396 g/mol. The Labute approximate surface area is 165 Å². The first-order chi connectivity index (χ1) is 13.5. The van der Waals surface area contributed by atoms with Gasteiger partial charge in [0.2, 0.25) is 0 Å². The molecule has 144 valence electrons. The van der Waals surface area contributed by atoms with Gasteiger partial charge in [-0.1, -0.05) is 19.1 Å². The van der Waals surface area contributed by atoms with E-state index in [9.17, 15) is 14.4 Å². The molecule has 2 amide bonds. The van der Waals surface area contributed by atoms with Crippen LogP contribution in [0.4, 0.5) is 0 Å². The molecule has 4 rings (SSSR count). The molecule has 2 N–H and O–H groups in total. The molecule has 0 saturated heterocycles. The summed E-state index contributed by atoms with van der Waals surface area (Å²) in [6, 6.07) is 8.86. The maximum atomic E-state index is 12.4. The fourth-order valence-electron chi connectivity index (χ4n) is 3.42. The number of nitrogens with one attached hydrogen (secondary N) is 2. The zero-order valence-electron chi connectivity index (χ0n) is 15.4. The molecule has 0 radical (unpaired) electrons. The summed E-state index contributed by atoms with van der Waals surface area (Å²) >= 11 is 1.48. The quantitative estimate of drug-likeness (QED) is 0.663. The standard InChI is InChI=1S/C20H20N4O3S/c1-12-6-7-16-13(8-12)9-17(28-16)19(26)23-22-18(25)10-24-11-21-15-5-3-2-4-14(15)20(24)27/h2-5,9,11-12H,6-8,10H2,1H3,(H,22,25)(H,23,26)/t12-/m0/s1. The lowest BCUT2D eigenvalue weighted by Gasteiger charge is -2.16. The van der Waals surface area contributed by atoms with E-state index >= 15 is 0 Å². The predicted molar refractivity (Wildman–Crippen MR) is 107 cm³/mol. The minimum Gasteiger partial charge on any atom is -0.289 e. The Hall–Kier alpha value is -3.00. The molecule has 1 aromatic carbocycles. The van der Waals surface area contributed by atoms with E-state index in [1.54, 1.807) is 24.3 Å². The van der Waals surface area contributed by atoms with E-state index in [1.807, 2.05) is 6.07 Å².